The molecular formula is C11H16ClF3N4O. The number of carbonyl (C=O) groups is 1. The smallest absolute Gasteiger partial charge is 0.353 e. The van der Waals surface area contributed by atoms with Crippen molar-refractivity contribution < 1.29 is 18.0 Å². The molecule has 20 heavy (non-hydrogen) atoms. The lowest BCUT2D eigenvalue weighted by atomic mass is 10.2. The fraction of sp³-hybridized carbons (Fsp3) is 0.636. The number of rotatable bonds is 5. The van der Waals surface area contributed by atoms with Crippen molar-refractivity contribution in [3.05, 3.63) is 18.0 Å². The van der Waals surface area contributed by atoms with Gasteiger partial charge in [0.25, 0.3) is 0 Å². The van der Waals surface area contributed by atoms with Crippen LogP contribution in [0.25, 0.3) is 0 Å². The Morgan fingerprint density at radius 1 is 1.55 bits per heavy atom. The highest BCUT2D eigenvalue weighted by atomic mass is 35.5. The summed E-state index contributed by atoms with van der Waals surface area (Å²) in [7, 11) is 0. The first-order valence-corrected chi connectivity index (χ1v) is 5.99. The minimum Gasteiger partial charge on any atom is -0.353 e. The number of alkyl halides is 3. The van der Waals surface area contributed by atoms with Gasteiger partial charge < -0.3 is 11.1 Å². The fourth-order valence-corrected chi connectivity index (χ4v) is 1.73. The summed E-state index contributed by atoms with van der Waals surface area (Å²) < 4.78 is 37.8. The molecule has 9 heteroatoms. The van der Waals surface area contributed by atoms with Crippen LogP contribution >= 0.6 is 12.4 Å². The monoisotopic (exact) mass is 312 g/mol. The van der Waals surface area contributed by atoms with Gasteiger partial charge in [0.15, 0.2) is 5.69 Å². The number of amides is 1. The van der Waals surface area contributed by atoms with E-state index >= 15 is 0 Å². The number of nitrogens with one attached hydrogen (secondary N) is 1. The van der Waals surface area contributed by atoms with E-state index in [2.05, 4.69) is 10.4 Å². The average Bonchev–Trinajstić information content (AvgIpc) is 3.05. The van der Waals surface area contributed by atoms with Crippen molar-refractivity contribution in [2.45, 2.75) is 31.6 Å². The molecule has 0 aliphatic heterocycles. The third-order valence-electron chi connectivity index (χ3n) is 3.00. The van der Waals surface area contributed by atoms with Crippen LogP contribution in [-0.2, 0) is 17.5 Å². The number of halogens is 4. The Bertz CT molecular complexity index is 459. The second-order valence-corrected chi connectivity index (χ2v) is 4.70. The maximum atomic E-state index is 12.3. The minimum atomic E-state index is -4.49. The van der Waals surface area contributed by atoms with Gasteiger partial charge in [-0.15, -0.1) is 12.4 Å². The van der Waals surface area contributed by atoms with Crippen LogP contribution in [0.1, 0.15) is 18.5 Å². The van der Waals surface area contributed by atoms with E-state index in [1.54, 1.807) is 0 Å². The third kappa shape index (κ3) is 4.68. The van der Waals surface area contributed by atoms with Gasteiger partial charge >= 0.3 is 6.18 Å². The summed E-state index contributed by atoms with van der Waals surface area (Å²) in [6.45, 7) is 0.102. The molecule has 1 fully saturated rings. The average molecular weight is 313 g/mol. The van der Waals surface area contributed by atoms with Crippen LogP contribution < -0.4 is 11.1 Å². The lowest BCUT2D eigenvalue weighted by Crippen LogP contribution is -2.39. The molecule has 2 rings (SSSR count). The van der Waals surface area contributed by atoms with E-state index < -0.39 is 17.8 Å². The van der Waals surface area contributed by atoms with Crippen LogP contribution in [0.4, 0.5) is 13.2 Å². The van der Waals surface area contributed by atoms with Crippen molar-refractivity contribution in [1.29, 1.82) is 0 Å². The molecule has 0 saturated heterocycles. The van der Waals surface area contributed by atoms with Gasteiger partial charge in [0.1, 0.15) is 6.54 Å². The predicted octanol–water partition coefficient (Wildman–Crippen LogP) is 1.18. The molecule has 0 radical (unpaired) electrons. The molecule has 1 aliphatic carbocycles. The number of hydrogen-bond donors (Lipinski definition) is 2. The second-order valence-electron chi connectivity index (χ2n) is 4.70. The first-order chi connectivity index (χ1) is 8.86. The van der Waals surface area contributed by atoms with E-state index in [0.29, 0.717) is 12.5 Å². The van der Waals surface area contributed by atoms with E-state index in [1.807, 2.05) is 0 Å². The standard InChI is InChI=1S/C11H15F3N4O.ClH/c12-11(13,14)9-3-4-18(17-9)6-10(19)16-5-8(15)7-1-2-7;/h3-4,7-8H,1-2,5-6,15H2,(H,16,19);1H. The van der Waals surface area contributed by atoms with Gasteiger partial charge in [0, 0.05) is 18.8 Å². The van der Waals surface area contributed by atoms with Crippen molar-refractivity contribution in [2.24, 2.45) is 11.7 Å². The molecule has 3 N–H and O–H groups in total. The minimum absolute atomic E-state index is 0. The SMILES string of the molecule is Cl.NC(CNC(=O)Cn1ccc(C(F)(F)F)n1)C1CC1. The largest absolute Gasteiger partial charge is 0.435 e. The van der Waals surface area contributed by atoms with Crippen LogP contribution in [0, 0.1) is 5.92 Å². The predicted molar refractivity (Wildman–Crippen MR) is 68.2 cm³/mol. The Balaban J connectivity index is 0.00000200. The van der Waals surface area contributed by atoms with Crippen molar-refractivity contribution in [1.82, 2.24) is 15.1 Å². The molecule has 1 atom stereocenters. The van der Waals surface area contributed by atoms with Crippen LogP contribution in [0.15, 0.2) is 12.3 Å². The molecule has 1 unspecified atom stereocenters. The molecule has 1 heterocycles. The Kier molecular flexibility index (Phi) is 5.41. The van der Waals surface area contributed by atoms with E-state index in [0.717, 1.165) is 29.8 Å². The van der Waals surface area contributed by atoms with E-state index in [9.17, 15) is 18.0 Å². The molecule has 0 aromatic carbocycles. The zero-order valence-corrected chi connectivity index (χ0v) is 11.4. The summed E-state index contributed by atoms with van der Waals surface area (Å²) >= 11 is 0. The maximum absolute atomic E-state index is 12.3. The number of nitrogens with zero attached hydrogens (tertiary/aromatic N) is 2. The summed E-state index contributed by atoms with van der Waals surface area (Å²) in [5, 5.41) is 5.89. The van der Waals surface area contributed by atoms with Gasteiger partial charge in [-0.2, -0.15) is 18.3 Å². The Morgan fingerprint density at radius 2 is 2.20 bits per heavy atom. The molecule has 1 aromatic rings. The highest BCUT2D eigenvalue weighted by molar-refractivity contribution is 5.85. The molecule has 0 bridgehead atoms. The van der Waals surface area contributed by atoms with Gasteiger partial charge in [0.2, 0.25) is 5.91 Å². The first kappa shape index (κ1) is 16.8. The molecule has 1 saturated carbocycles. The van der Waals surface area contributed by atoms with Crippen molar-refractivity contribution in [3.63, 3.8) is 0 Å². The number of carbonyl (C=O) groups excluding carboxylic acids is 1. The lowest BCUT2D eigenvalue weighted by Gasteiger charge is -2.11. The molecule has 114 valence electrons. The number of nitrogens with two attached hydrogens (primary N) is 1. The van der Waals surface area contributed by atoms with Gasteiger partial charge in [-0.1, -0.05) is 0 Å². The third-order valence-corrected chi connectivity index (χ3v) is 3.00. The highest BCUT2D eigenvalue weighted by Gasteiger charge is 2.33. The zero-order valence-electron chi connectivity index (χ0n) is 10.6. The van der Waals surface area contributed by atoms with Gasteiger partial charge in [-0.25, -0.2) is 0 Å². The molecule has 1 amide bonds. The zero-order chi connectivity index (χ0) is 14.0. The summed E-state index contributed by atoms with van der Waals surface area (Å²) in [4.78, 5) is 11.5. The summed E-state index contributed by atoms with van der Waals surface area (Å²) in [5.41, 5.74) is 4.79. The van der Waals surface area contributed by atoms with Gasteiger partial charge in [-0.3, -0.25) is 9.48 Å². The van der Waals surface area contributed by atoms with Gasteiger partial charge in [-0.05, 0) is 24.8 Å². The van der Waals surface area contributed by atoms with Crippen molar-refractivity contribution >= 4 is 18.3 Å². The second kappa shape index (κ2) is 6.45. The highest BCUT2D eigenvalue weighted by Crippen LogP contribution is 2.31. The summed E-state index contributed by atoms with van der Waals surface area (Å²) in [6, 6.07) is 0.760. The fourth-order valence-electron chi connectivity index (χ4n) is 1.73. The van der Waals surface area contributed by atoms with Crippen molar-refractivity contribution in [3.8, 4) is 0 Å². The number of aromatic nitrogens is 2. The van der Waals surface area contributed by atoms with Crippen LogP contribution in [0.3, 0.4) is 0 Å². The molecular weight excluding hydrogens is 297 g/mol. The van der Waals surface area contributed by atoms with Gasteiger partial charge in [0.05, 0.1) is 0 Å². The Hall–Kier alpha value is -1.28. The Labute approximate surface area is 120 Å². The molecule has 0 spiro atoms. The normalized spacial score (nSPS) is 16.4. The van der Waals surface area contributed by atoms with E-state index in [1.165, 1.54) is 0 Å². The van der Waals surface area contributed by atoms with Crippen LogP contribution in [0.2, 0.25) is 0 Å². The summed E-state index contributed by atoms with van der Waals surface area (Å²) in [5.74, 6) is 0.0646. The maximum Gasteiger partial charge on any atom is 0.435 e. The van der Waals surface area contributed by atoms with Crippen LogP contribution in [0.5, 0.6) is 0 Å². The quantitative estimate of drug-likeness (QED) is 0.857. The lowest BCUT2D eigenvalue weighted by molar-refractivity contribution is -0.141. The van der Waals surface area contributed by atoms with Crippen LogP contribution in [-0.4, -0.2) is 28.3 Å². The van der Waals surface area contributed by atoms with Crippen molar-refractivity contribution in [2.75, 3.05) is 6.54 Å². The first-order valence-electron chi connectivity index (χ1n) is 5.99. The molecule has 1 aliphatic rings. The summed E-state index contributed by atoms with van der Waals surface area (Å²) in [6.07, 6.45) is -1.21. The molecule has 1 aromatic heterocycles. The van der Waals surface area contributed by atoms with E-state index in [4.69, 9.17) is 5.73 Å². The topological polar surface area (TPSA) is 72.9 Å². The molecule has 5 nitrogen and oxygen atoms in total. The Morgan fingerprint density at radius 3 is 2.70 bits per heavy atom. The van der Waals surface area contributed by atoms with E-state index in [-0.39, 0.29) is 25.0 Å². The number of hydrogen-bond acceptors (Lipinski definition) is 3.